The van der Waals surface area contributed by atoms with Crippen molar-refractivity contribution in [2.24, 2.45) is 5.92 Å². The molecule has 0 aromatic rings. The highest BCUT2D eigenvalue weighted by molar-refractivity contribution is 5.77. The van der Waals surface area contributed by atoms with Gasteiger partial charge in [-0.15, -0.1) is 0 Å². The fourth-order valence-corrected chi connectivity index (χ4v) is 2.18. The Morgan fingerprint density at radius 2 is 2.00 bits per heavy atom. The van der Waals surface area contributed by atoms with Crippen LogP contribution in [-0.2, 0) is 4.79 Å². The SMILES string of the molecule is O=C([O-])/C=C/CCCC1CCCCC1. The Balaban J connectivity index is 2.00. The lowest BCUT2D eigenvalue weighted by Crippen LogP contribution is -2.18. The van der Waals surface area contributed by atoms with E-state index in [-0.39, 0.29) is 0 Å². The highest BCUT2D eigenvalue weighted by Crippen LogP contribution is 2.27. The van der Waals surface area contributed by atoms with Crippen LogP contribution in [0.25, 0.3) is 0 Å². The van der Waals surface area contributed by atoms with E-state index in [0.29, 0.717) is 0 Å². The monoisotopic (exact) mass is 195 g/mol. The molecule has 0 spiro atoms. The molecule has 0 heterocycles. The van der Waals surface area contributed by atoms with E-state index in [4.69, 9.17) is 0 Å². The van der Waals surface area contributed by atoms with Crippen LogP contribution in [0.5, 0.6) is 0 Å². The van der Waals surface area contributed by atoms with Crippen molar-refractivity contribution in [3.8, 4) is 0 Å². The molecule has 0 amide bonds. The maximum Gasteiger partial charge on any atom is 0.0639 e. The Morgan fingerprint density at radius 1 is 1.29 bits per heavy atom. The molecule has 0 atom stereocenters. The first-order chi connectivity index (χ1) is 6.79. The summed E-state index contributed by atoms with van der Waals surface area (Å²) in [6.45, 7) is 0. The van der Waals surface area contributed by atoms with Gasteiger partial charge in [0.1, 0.15) is 0 Å². The van der Waals surface area contributed by atoms with E-state index in [0.717, 1.165) is 24.8 Å². The Hall–Kier alpha value is -0.790. The molecule has 0 unspecified atom stereocenters. The lowest BCUT2D eigenvalue weighted by Gasteiger charge is -2.20. The largest absolute Gasteiger partial charge is 0.545 e. The third-order valence-corrected chi connectivity index (χ3v) is 2.96. The van der Waals surface area contributed by atoms with Crippen LogP contribution in [0.4, 0.5) is 0 Å². The summed E-state index contributed by atoms with van der Waals surface area (Å²) in [6, 6.07) is 0. The van der Waals surface area contributed by atoms with Gasteiger partial charge < -0.3 is 9.90 Å². The molecule has 1 saturated carbocycles. The summed E-state index contributed by atoms with van der Waals surface area (Å²) in [5.41, 5.74) is 0. The quantitative estimate of drug-likeness (QED) is 0.497. The van der Waals surface area contributed by atoms with Gasteiger partial charge in [-0.3, -0.25) is 0 Å². The van der Waals surface area contributed by atoms with Gasteiger partial charge in [0.05, 0.1) is 5.97 Å². The Labute approximate surface area is 86.0 Å². The van der Waals surface area contributed by atoms with E-state index in [9.17, 15) is 9.90 Å². The van der Waals surface area contributed by atoms with E-state index in [1.807, 2.05) is 0 Å². The summed E-state index contributed by atoms with van der Waals surface area (Å²) >= 11 is 0. The molecule has 80 valence electrons. The van der Waals surface area contributed by atoms with Crippen molar-refractivity contribution < 1.29 is 9.90 Å². The molecule has 1 fully saturated rings. The third kappa shape index (κ3) is 5.05. The van der Waals surface area contributed by atoms with Crippen LogP contribution in [0, 0.1) is 5.92 Å². The number of hydrogen-bond donors (Lipinski definition) is 0. The van der Waals surface area contributed by atoms with E-state index >= 15 is 0 Å². The van der Waals surface area contributed by atoms with Crippen LogP contribution in [0.2, 0.25) is 0 Å². The van der Waals surface area contributed by atoms with Gasteiger partial charge in [0.2, 0.25) is 0 Å². The highest BCUT2D eigenvalue weighted by Gasteiger charge is 2.11. The van der Waals surface area contributed by atoms with Crippen LogP contribution in [0.15, 0.2) is 12.2 Å². The molecule has 2 nitrogen and oxygen atoms in total. The predicted octanol–water partition coefficient (Wildman–Crippen LogP) is 2.04. The van der Waals surface area contributed by atoms with E-state index in [2.05, 4.69) is 0 Å². The number of carboxylic acid groups (broad SMARTS) is 1. The molecule has 0 radical (unpaired) electrons. The molecule has 1 aliphatic carbocycles. The summed E-state index contributed by atoms with van der Waals surface area (Å²) in [6.07, 6.45) is 13.0. The number of hydrogen-bond acceptors (Lipinski definition) is 2. The summed E-state index contributed by atoms with van der Waals surface area (Å²) in [5.74, 6) is -0.178. The average Bonchev–Trinajstić information content (AvgIpc) is 2.18. The van der Waals surface area contributed by atoms with Gasteiger partial charge in [-0.25, -0.2) is 0 Å². The van der Waals surface area contributed by atoms with Gasteiger partial charge in [-0.05, 0) is 24.8 Å². The van der Waals surface area contributed by atoms with E-state index in [1.165, 1.54) is 38.5 Å². The molecule has 0 saturated heterocycles. The van der Waals surface area contributed by atoms with Crippen molar-refractivity contribution in [2.75, 3.05) is 0 Å². The molecule has 2 heteroatoms. The zero-order valence-corrected chi connectivity index (χ0v) is 8.71. The van der Waals surface area contributed by atoms with Gasteiger partial charge in [-0.1, -0.05) is 44.6 Å². The smallest absolute Gasteiger partial charge is 0.0639 e. The summed E-state index contributed by atoms with van der Waals surface area (Å²) in [4.78, 5) is 10.1. The Bertz CT molecular complexity index is 190. The molecular weight excluding hydrogens is 176 g/mol. The second-order valence-corrected chi connectivity index (χ2v) is 4.16. The van der Waals surface area contributed by atoms with Crippen molar-refractivity contribution >= 4 is 5.97 Å². The zero-order chi connectivity index (χ0) is 10.2. The van der Waals surface area contributed by atoms with Gasteiger partial charge in [0.25, 0.3) is 0 Å². The Morgan fingerprint density at radius 3 is 2.64 bits per heavy atom. The standard InChI is InChI=1S/C12H20O2/c13-12(14)10-6-2-5-9-11-7-3-1-4-8-11/h6,10-11H,1-5,7-9H2,(H,13,14)/p-1/b10-6+. The van der Waals surface area contributed by atoms with E-state index in [1.54, 1.807) is 6.08 Å². The van der Waals surface area contributed by atoms with Crippen LogP contribution in [0.1, 0.15) is 51.4 Å². The van der Waals surface area contributed by atoms with Crippen LogP contribution in [-0.4, -0.2) is 5.97 Å². The molecule has 1 aliphatic rings. The van der Waals surface area contributed by atoms with Gasteiger partial charge in [0.15, 0.2) is 0 Å². The minimum Gasteiger partial charge on any atom is -0.545 e. The molecule has 0 aromatic heterocycles. The topological polar surface area (TPSA) is 40.1 Å². The molecular formula is C12H19O2-. The van der Waals surface area contributed by atoms with Gasteiger partial charge in [-0.2, -0.15) is 0 Å². The van der Waals surface area contributed by atoms with Crippen molar-refractivity contribution in [1.82, 2.24) is 0 Å². The maximum atomic E-state index is 10.1. The predicted molar refractivity (Wildman–Crippen MR) is 54.6 cm³/mol. The van der Waals surface area contributed by atoms with Crippen molar-refractivity contribution in [2.45, 2.75) is 51.4 Å². The number of rotatable bonds is 5. The average molecular weight is 195 g/mol. The Kier molecular flexibility index (Phi) is 5.35. The normalized spacial score (nSPS) is 18.9. The van der Waals surface area contributed by atoms with Crippen molar-refractivity contribution in [1.29, 1.82) is 0 Å². The van der Waals surface area contributed by atoms with E-state index < -0.39 is 5.97 Å². The maximum absolute atomic E-state index is 10.1. The van der Waals surface area contributed by atoms with Crippen LogP contribution < -0.4 is 5.11 Å². The second kappa shape index (κ2) is 6.63. The minimum absolute atomic E-state index is 0.879. The fraction of sp³-hybridized carbons (Fsp3) is 0.750. The number of aliphatic carboxylic acids is 1. The molecule has 0 aromatic carbocycles. The van der Waals surface area contributed by atoms with Crippen LogP contribution in [0.3, 0.4) is 0 Å². The van der Waals surface area contributed by atoms with Gasteiger partial charge >= 0.3 is 0 Å². The molecule has 1 rings (SSSR count). The second-order valence-electron chi connectivity index (χ2n) is 4.16. The third-order valence-electron chi connectivity index (χ3n) is 2.96. The van der Waals surface area contributed by atoms with Crippen LogP contribution >= 0.6 is 0 Å². The minimum atomic E-state index is -1.08. The number of allylic oxidation sites excluding steroid dienone is 1. The van der Waals surface area contributed by atoms with Crippen molar-refractivity contribution in [3.63, 3.8) is 0 Å². The molecule has 0 bridgehead atoms. The first-order valence-corrected chi connectivity index (χ1v) is 5.66. The summed E-state index contributed by atoms with van der Waals surface area (Å²) in [7, 11) is 0. The van der Waals surface area contributed by atoms with Crippen molar-refractivity contribution in [3.05, 3.63) is 12.2 Å². The van der Waals surface area contributed by atoms with Gasteiger partial charge in [0, 0.05) is 0 Å². The number of carboxylic acids is 1. The molecule has 0 N–H and O–H groups in total. The molecule has 14 heavy (non-hydrogen) atoms. The first-order valence-electron chi connectivity index (χ1n) is 5.66. The summed E-state index contributed by atoms with van der Waals surface area (Å²) < 4.78 is 0. The first kappa shape index (κ1) is 11.3. The number of carbonyl (C=O) groups excluding carboxylic acids is 1. The zero-order valence-electron chi connectivity index (χ0n) is 8.71. The lowest BCUT2D eigenvalue weighted by atomic mass is 9.86. The lowest BCUT2D eigenvalue weighted by molar-refractivity contribution is -0.297. The fourth-order valence-electron chi connectivity index (χ4n) is 2.18. The number of unbranched alkanes of at least 4 members (excludes halogenated alkanes) is 1. The molecule has 0 aliphatic heterocycles. The summed E-state index contributed by atoms with van der Waals surface area (Å²) in [5, 5.41) is 10.1. The highest BCUT2D eigenvalue weighted by atomic mass is 16.4. The number of carbonyl (C=O) groups is 1.